The van der Waals surface area contributed by atoms with Gasteiger partial charge in [-0.3, -0.25) is 9.80 Å². The Kier molecular flexibility index (Phi) is 8.59. The number of likely N-dealkylation sites (tertiary alicyclic amines) is 1. The van der Waals surface area contributed by atoms with E-state index >= 15 is 0 Å². The van der Waals surface area contributed by atoms with Gasteiger partial charge in [-0.05, 0) is 51.2 Å². The molecule has 2 saturated heterocycles. The van der Waals surface area contributed by atoms with Crippen molar-refractivity contribution in [2.24, 2.45) is 11.8 Å². The normalized spacial score (nSPS) is 22.1. The molecule has 2 heterocycles. The lowest BCUT2D eigenvalue weighted by molar-refractivity contribution is 0.0632. The summed E-state index contributed by atoms with van der Waals surface area (Å²) >= 11 is 0. The average molecular weight is 334 g/mol. The largest absolute Gasteiger partial charge is 0.303 e. The van der Waals surface area contributed by atoms with Gasteiger partial charge >= 0.3 is 0 Å². The summed E-state index contributed by atoms with van der Waals surface area (Å²) in [5.41, 5.74) is 0. The Bertz CT molecular complexity index is 391. The van der Waals surface area contributed by atoms with Crippen molar-refractivity contribution in [1.29, 1.82) is 0 Å². The molecule has 0 atom stereocenters. The summed E-state index contributed by atoms with van der Waals surface area (Å²) in [6.45, 7) is 18.8. The van der Waals surface area contributed by atoms with Crippen molar-refractivity contribution in [3.05, 3.63) is 0 Å². The molecule has 3 heteroatoms. The van der Waals surface area contributed by atoms with E-state index in [4.69, 9.17) is 0 Å². The van der Waals surface area contributed by atoms with Crippen molar-refractivity contribution in [3.8, 4) is 11.8 Å². The SMILES string of the molecule is CC(C)C#CCN1CCN(C2CCN(CCCC(C)C)CC2)CC1. The molecule has 0 aliphatic carbocycles. The summed E-state index contributed by atoms with van der Waals surface area (Å²) in [5, 5.41) is 0. The summed E-state index contributed by atoms with van der Waals surface area (Å²) in [6, 6.07) is 0.829. The van der Waals surface area contributed by atoms with Gasteiger partial charge in [0.2, 0.25) is 0 Å². The molecular formula is C21H39N3. The maximum atomic E-state index is 3.33. The van der Waals surface area contributed by atoms with Gasteiger partial charge in [-0.1, -0.05) is 39.5 Å². The summed E-state index contributed by atoms with van der Waals surface area (Å²) in [6.07, 6.45) is 5.49. The molecule has 0 aromatic carbocycles. The zero-order valence-electron chi connectivity index (χ0n) is 16.6. The number of hydrogen-bond donors (Lipinski definition) is 0. The molecule has 0 saturated carbocycles. The summed E-state index contributed by atoms with van der Waals surface area (Å²) in [5.74, 6) is 7.97. The van der Waals surface area contributed by atoms with Crippen LogP contribution < -0.4 is 0 Å². The molecule has 138 valence electrons. The van der Waals surface area contributed by atoms with E-state index in [9.17, 15) is 0 Å². The molecule has 0 amide bonds. The number of piperidine rings is 1. The van der Waals surface area contributed by atoms with Crippen LogP contribution in [-0.2, 0) is 0 Å². The van der Waals surface area contributed by atoms with E-state index in [1.165, 1.54) is 71.5 Å². The topological polar surface area (TPSA) is 9.72 Å². The second-order valence-corrected chi connectivity index (χ2v) is 8.40. The monoisotopic (exact) mass is 333 g/mol. The highest BCUT2D eigenvalue weighted by molar-refractivity contribution is 5.03. The molecule has 0 N–H and O–H groups in total. The number of nitrogens with zero attached hydrogens (tertiary/aromatic N) is 3. The minimum absolute atomic E-state index is 0.497. The van der Waals surface area contributed by atoms with Gasteiger partial charge in [-0.25, -0.2) is 0 Å². The molecule has 0 unspecified atom stereocenters. The van der Waals surface area contributed by atoms with Crippen molar-refractivity contribution in [2.45, 2.75) is 59.4 Å². The molecule has 0 bridgehead atoms. The Hall–Kier alpha value is -0.560. The molecule has 0 aromatic rings. The highest BCUT2D eigenvalue weighted by Crippen LogP contribution is 2.19. The molecule has 0 aromatic heterocycles. The molecule has 2 aliphatic heterocycles. The fourth-order valence-corrected chi connectivity index (χ4v) is 3.88. The van der Waals surface area contributed by atoms with E-state index in [0.717, 1.165) is 18.5 Å². The van der Waals surface area contributed by atoms with Crippen LogP contribution in [0.4, 0.5) is 0 Å². The smallest absolute Gasteiger partial charge is 0.0602 e. The van der Waals surface area contributed by atoms with Crippen LogP contribution in [0.3, 0.4) is 0 Å². The lowest BCUT2D eigenvalue weighted by Gasteiger charge is -2.42. The minimum Gasteiger partial charge on any atom is -0.303 e. The lowest BCUT2D eigenvalue weighted by atomic mass is 10.0. The highest BCUT2D eigenvalue weighted by Gasteiger charge is 2.26. The maximum Gasteiger partial charge on any atom is 0.0602 e. The summed E-state index contributed by atoms with van der Waals surface area (Å²) in [7, 11) is 0. The molecule has 0 radical (unpaired) electrons. The van der Waals surface area contributed by atoms with Crippen molar-refractivity contribution in [1.82, 2.24) is 14.7 Å². The second-order valence-electron chi connectivity index (χ2n) is 8.40. The van der Waals surface area contributed by atoms with Gasteiger partial charge in [0.25, 0.3) is 0 Å². The van der Waals surface area contributed by atoms with Crippen molar-refractivity contribution in [2.75, 3.05) is 52.4 Å². The Labute approximate surface area is 150 Å². The second kappa shape index (κ2) is 10.4. The zero-order valence-corrected chi connectivity index (χ0v) is 16.6. The number of rotatable bonds is 6. The van der Waals surface area contributed by atoms with E-state index in [1.807, 2.05) is 0 Å². The fourth-order valence-electron chi connectivity index (χ4n) is 3.88. The Morgan fingerprint density at radius 2 is 1.54 bits per heavy atom. The first-order chi connectivity index (χ1) is 11.5. The van der Waals surface area contributed by atoms with Gasteiger partial charge in [0.1, 0.15) is 0 Å². The van der Waals surface area contributed by atoms with Crippen LogP contribution in [0.15, 0.2) is 0 Å². The molecule has 3 nitrogen and oxygen atoms in total. The maximum absolute atomic E-state index is 3.33. The third kappa shape index (κ3) is 7.13. The van der Waals surface area contributed by atoms with E-state index < -0.39 is 0 Å². The molecule has 2 fully saturated rings. The lowest BCUT2D eigenvalue weighted by Crippen LogP contribution is -2.53. The Balaban J connectivity index is 1.61. The molecule has 2 aliphatic rings. The van der Waals surface area contributed by atoms with Gasteiger partial charge < -0.3 is 4.90 Å². The van der Waals surface area contributed by atoms with E-state index in [1.54, 1.807) is 0 Å². The van der Waals surface area contributed by atoms with Gasteiger partial charge in [-0.2, -0.15) is 0 Å². The van der Waals surface area contributed by atoms with Crippen LogP contribution in [0.5, 0.6) is 0 Å². The molecular weight excluding hydrogens is 294 g/mol. The third-order valence-corrected chi connectivity index (χ3v) is 5.43. The van der Waals surface area contributed by atoms with Gasteiger partial charge in [0.05, 0.1) is 6.54 Å². The Morgan fingerprint density at radius 1 is 0.875 bits per heavy atom. The van der Waals surface area contributed by atoms with Crippen LogP contribution in [0, 0.1) is 23.7 Å². The van der Waals surface area contributed by atoms with Crippen molar-refractivity contribution in [3.63, 3.8) is 0 Å². The molecule has 2 rings (SSSR count). The Morgan fingerprint density at radius 3 is 2.12 bits per heavy atom. The van der Waals surface area contributed by atoms with E-state index in [0.29, 0.717) is 5.92 Å². The van der Waals surface area contributed by atoms with E-state index in [-0.39, 0.29) is 0 Å². The average Bonchev–Trinajstić information content (AvgIpc) is 2.56. The fraction of sp³-hybridized carbons (Fsp3) is 0.905. The highest BCUT2D eigenvalue weighted by atomic mass is 15.3. The number of piperazine rings is 1. The quantitative estimate of drug-likeness (QED) is 0.691. The first-order valence-corrected chi connectivity index (χ1v) is 10.2. The van der Waals surface area contributed by atoms with E-state index in [2.05, 4.69) is 54.2 Å². The zero-order chi connectivity index (χ0) is 17.4. The van der Waals surface area contributed by atoms with Crippen LogP contribution in [0.1, 0.15) is 53.4 Å². The number of hydrogen-bond acceptors (Lipinski definition) is 3. The van der Waals surface area contributed by atoms with Gasteiger partial charge in [0.15, 0.2) is 0 Å². The summed E-state index contributed by atoms with van der Waals surface area (Å²) < 4.78 is 0. The van der Waals surface area contributed by atoms with Gasteiger partial charge in [-0.15, -0.1) is 0 Å². The predicted molar refractivity (Wildman–Crippen MR) is 104 cm³/mol. The van der Waals surface area contributed by atoms with Crippen LogP contribution in [-0.4, -0.2) is 73.1 Å². The standard InChI is InChI=1S/C21H39N3/c1-19(2)7-5-11-22-13-9-21(10-14-22)24-17-15-23(16-18-24)12-6-8-20(3)4/h19-21H,5,7,9-18H2,1-4H3. The summed E-state index contributed by atoms with van der Waals surface area (Å²) in [4.78, 5) is 7.96. The minimum atomic E-state index is 0.497. The third-order valence-electron chi connectivity index (χ3n) is 5.43. The van der Waals surface area contributed by atoms with Crippen LogP contribution in [0.2, 0.25) is 0 Å². The van der Waals surface area contributed by atoms with Gasteiger partial charge in [0, 0.05) is 38.1 Å². The molecule has 24 heavy (non-hydrogen) atoms. The molecule has 0 spiro atoms. The first kappa shape index (κ1) is 19.8. The van der Waals surface area contributed by atoms with Crippen LogP contribution in [0.25, 0.3) is 0 Å². The predicted octanol–water partition coefficient (Wildman–Crippen LogP) is 3.16. The van der Waals surface area contributed by atoms with Crippen molar-refractivity contribution >= 4 is 0 Å². The van der Waals surface area contributed by atoms with Crippen molar-refractivity contribution < 1.29 is 0 Å². The first-order valence-electron chi connectivity index (χ1n) is 10.2. The van der Waals surface area contributed by atoms with Crippen LogP contribution >= 0.6 is 0 Å².